The van der Waals surface area contributed by atoms with Crippen LogP contribution in [0.15, 0.2) is 42.5 Å². The van der Waals surface area contributed by atoms with Crippen LogP contribution in [0.1, 0.15) is 22.7 Å². The first-order valence-electron chi connectivity index (χ1n) is 10.1. The molecular formula is C23H30Cl3N3O2. The van der Waals surface area contributed by atoms with Crippen molar-refractivity contribution in [1.82, 2.24) is 9.80 Å². The van der Waals surface area contributed by atoms with E-state index in [1.807, 2.05) is 18.2 Å². The van der Waals surface area contributed by atoms with Crippen LogP contribution in [0.3, 0.4) is 0 Å². The molecule has 1 amide bonds. The molecule has 3 atom stereocenters. The van der Waals surface area contributed by atoms with Crippen LogP contribution in [0.25, 0.3) is 0 Å². The number of nitrogens with zero attached hydrogens (tertiary/aromatic N) is 2. The molecule has 0 aliphatic carbocycles. The van der Waals surface area contributed by atoms with Crippen LogP contribution in [-0.4, -0.2) is 49.0 Å². The van der Waals surface area contributed by atoms with Crippen LogP contribution < -0.4 is 10.5 Å². The lowest BCUT2D eigenvalue weighted by molar-refractivity contribution is -0.119. The molecule has 2 aromatic carbocycles. The summed E-state index contributed by atoms with van der Waals surface area (Å²) in [4.78, 5) is 15.9. The van der Waals surface area contributed by atoms with Crippen molar-refractivity contribution in [3.8, 4) is 5.75 Å². The van der Waals surface area contributed by atoms with Gasteiger partial charge in [-0.1, -0.05) is 41.9 Å². The van der Waals surface area contributed by atoms with Crippen molar-refractivity contribution >= 4 is 42.3 Å². The number of aryl methyl sites for hydroxylation is 1. The van der Waals surface area contributed by atoms with Gasteiger partial charge in [0.05, 0.1) is 5.02 Å². The first-order chi connectivity index (χ1) is 13.9. The highest BCUT2D eigenvalue weighted by molar-refractivity contribution is 6.32. The summed E-state index contributed by atoms with van der Waals surface area (Å²) in [5.74, 6) is 1.32. The maximum atomic E-state index is 10.9. The van der Waals surface area contributed by atoms with Gasteiger partial charge in [0, 0.05) is 32.2 Å². The second-order valence-corrected chi connectivity index (χ2v) is 8.79. The smallest absolute Gasteiger partial charge is 0.255 e. The minimum absolute atomic E-state index is 0. The summed E-state index contributed by atoms with van der Waals surface area (Å²) in [7, 11) is 2.25. The lowest BCUT2D eigenvalue weighted by atomic mass is 9.88. The van der Waals surface area contributed by atoms with Gasteiger partial charge in [0.15, 0.2) is 6.61 Å². The maximum absolute atomic E-state index is 10.9. The number of rotatable bonds is 6. The van der Waals surface area contributed by atoms with Crippen LogP contribution in [0.4, 0.5) is 0 Å². The Bertz CT molecular complexity index is 911. The predicted octanol–water partition coefficient (Wildman–Crippen LogP) is 4.09. The molecule has 2 aromatic rings. The number of benzene rings is 2. The van der Waals surface area contributed by atoms with E-state index in [-0.39, 0.29) is 31.4 Å². The van der Waals surface area contributed by atoms with Crippen molar-refractivity contribution in [3.63, 3.8) is 0 Å². The summed E-state index contributed by atoms with van der Waals surface area (Å²) in [5.41, 5.74) is 9.12. The first kappa shape index (κ1) is 25.8. The van der Waals surface area contributed by atoms with Crippen LogP contribution in [0.2, 0.25) is 5.02 Å². The third kappa shape index (κ3) is 5.65. The van der Waals surface area contributed by atoms with Crippen LogP contribution in [-0.2, 0) is 11.3 Å². The van der Waals surface area contributed by atoms with E-state index in [4.69, 9.17) is 22.1 Å². The highest BCUT2D eigenvalue weighted by atomic mass is 35.5. The van der Waals surface area contributed by atoms with Gasteiger partial charge in [-0.05, 0) is 54.6 Å². The average Bonchev–Trinajstić information content (AvgIpc) is 3.17. The number of halogens is 3. The fourth-order valence-corrected chi connectivity index (χ4v) is 5.29. The van der Waals surface area contributed by atoms with E-state index >= 15 is 0 Å². The van der Waals surface area contributed by atoms with E-state index in [2.05, 4.69) is 48.0 Å². The van der Waals surface area contributed by atoms with Crippen LogP contribution >= 0.6 is 36.4 Å². The third-order valence-electron chi connectivity index (χ3n) is 6.25. The quantitative estimate of drug-likeness (QED) is 0.668. The van der Waals surface area contributed by atoms with E-state index in [0.717, 1.165) is 31.7 Å². The Labute approximate surface area is 201 Å². The molecule has 170 valence electrons. The predicted molar refractivity (Wildman–Crippen MR) is 129 cm³/mol. The highest BCUT2D eigenvalue weighted by Gasteiger charge is 2.46. The van der Waals surface area contributed by atoms with Gasteiger partial charge in [0.2, 0.25) is 0 Å². The second-order valence-electron chi connectivity index (χ2n) is 8.38. The van der Waals surface area contributed by atoms with Gasteiger partial charge in [-0.25, -0.2) is 0 Å². The van der Waals surface area contributed by atoms with E-state index < -0.39 is 5.91 Å². The molecule has 8 heteroatoms. The zero-order valence-corrected chi connectivity index (χ0v) is 20.2. The summed E-state index contributed by atoms with van der Waals surface area (Å²) in [5, 5.41) is 0.515. The molecule has 4 rings (SSSR count). The fraction of sp³-hybridized carbons (Fsp3) is 0.435. The number of nitrogens with two attached hydrogens (primary N) is 1. The Morgan fingerprint density at radius 1 is 1.16 bits per heavy atom. The normalized spacial score (nSPS) is 23.0. The number of hydrogen-bond acceptors (Lipinski definition) is 4. The monoisotopic (exact) mass is 485 g/mol. The molecule has 5 nitrogen and oxygen atoms in total. The molecule has 0 saturated carbocycles. The molecule has 0 unspecified atom stereocenters. The van der Waals surface area contributed by atoms with E-state index in [1.165, 1.54) is 11.1 Å². The zero-order chi connectivity index (χ0) is 20.5. The number of primary amides is 1. The SMILES string of the molecule is Cc1ccccc1[C@H]1[C@@H]2CN(Cc3ccc(OCC(N)=O)c(Cl)c3)C[C@@H]2CN1C.Cl.Cl. The number of carbonyl (C=O) groups excluding carboxylic acids is 1. The number of amides is 1. The van der Waals surface area contributed by atoms with E-state index in [1.54, 1.807) is 0 Å². The van der Waals surface area contributed by atoms with Crippen LogP contribution in [0, 0.1) is 18.8 Å². The van der Waals surface area contributed by atoms with Crippen molar-refractivity contribution in [3.05, 3.63) is 64.2 Å². The molecule has 2 saturated heterocycles. The van der Waals surface area contributed by atoms with Crippen molar-refractivity contribution in [2.24, 2.45) is 17.6 Å². The number of hydrogen-bond donors (Lipinski definition) is 1. The summed E-state index contributed by atoms with van der Waals surface area (Å²) in [6.45, 7) is 6.25. The lowest BCUT2D eigenvalue weighted by Crippen LogP contribution is -2.29. The Balaban J connectivity index is 0.00000171. The molecule has 2 N–H and O–H groups in total. The number of likely N-dealkylation sites (tertiary alicyclic amines) is 2. The lowest BCUT2D eigenvalue weighted by Gasteiger charge is -2.28. The molecule has 31 heavy (non-hydrogen) atoms. The van der Waals surface area contributed by atoms with Crippen molar-refractivity contribution in [2.75, 3.05) is 33.3 Å². The maximum Gasteiger partial charge on any atom is 0.255 e. The van der Waals surface area contributed by atoms with Crippen molar-refractivity contribution < 1.29 is 9.53 Å². The second kappa shape index (κ2) is 10.9. The van der Waals surface area contributed by atoms with Gasteiger partial charge in [-0.2, -0.15) is 0 Å². The topological polar surface area (TPSA) is 58.8 Å². The van der Waals surface area contributed by atoms with Gasteiger partial charge in [0.1, 0.15) is 5.75 Å². The minimum Gasteiger partial charge on any atom is -0.482 e. The van der Waals surface area contributed by atoms with Gasteiger partial charge >= 0.3 is 0 Å². The third-order valence-corrected chi connectivity index (χ3v) is 6.55. The summed E-state index contributed by atoms with van der Waals surface area (Å²) in [6.07, 6.45) is 0. The number of fused-ring (bicyclic) bond motifs is 1. The highest BCUT2D eigenvalue weighted by Crippen LogP contribution is 2.45. The molecule has 2 aliphatic heterocycles. The Morgan fingerprint density at radius 3 is 2.58 bits per heavy atom. The summed E-state index contributed by atoms with van der Waals surface area (Å²) >= 11 is 6.33. The Morgan fingerprint density at radius 2 is 1.90 bits per heavy atom. The minimum atomic E-state index is -0.512. The summed E-state index contributed by atoms with van der Waals surface area (Å²) < 4.78 is 5.34. The van der Waals surface area contributed by atoms with Crippen molar-refractivity contribution in [2.45, 2.75) is 19.5 Å². The Kier molecular flexibility index (Phi) is 9.04. The molecule has 0 radical (unpaired) electrons. The molecular weight excluding hydrogens is 457 g/mol. The number of ether oxygens (including phenoxy) is 1. The fourth-order valence-electron chi connectivity index (χ4n) is 5.03. The van der Waals surface area contributed by atoms with E-state index in [9.17, 15) is 4.79 Å². The standard InChI is InChI=1S/C23H28ClN3O2.2ClH/c1-15-5-3-4-6-18(15)23-19-13-27(12-17(19)11-26(23)2)10-16-7-8-21(20(24)9-16)29-14-22(25)28;;/h3-9,17,19,23H,10-14H2,1-2H3,(H2,25,28);2*1H/t17-,19+,23-;;/m0../s1. The molecule has 2 fully saturated rings. The zero-order valence-electron chi connectivity index (χ0n) is 17.8. The molecule has 2 heterocycles. The van der Waals surface area contributed by atoms with Gasteiger partial charge in [-0.3, -0.25) is 14.6 Å². The molecule has 2 aliphatic rings. The Hall–Kier alpha value is -1.50. The van der Waals surface area contributed by atoms with E-state index in [0.29, 0.717) is 28.6 Å². The van der Waals surface area contributed by atoms with Crippen LogP contribution in [0.5, 0.6) is 5.75 Å². The molecule has 0 spiro atoms. The van der Waals surface area contributed by atoms with Gasteiger partial charge in [-0.15, -0.1) is 24.8 Å². The van der Waals surface area contributed by atoms with Gasteiger partial charge in [0.25, 0.3) is 5.91 Å². The first-order valence-corrected chi connectivity index (χ1v) is 10.5. The molecule has 0 aromatic heterocycles. The average molecular weight is 487 g/mol. The largest absolute Gasteiger partial charge is 0.482 e. The van der Waals surface area contributed by atoms with Gasteiger partial charge < -0.3 is 10.5 Å². The van der Waals surface area contributed by atoms with Crippen molar-refractivity contribution in [1.29, 1.82) is 0 Å². The molecule has 0 bridgehead atoms. The number of carbonyl (C=O) groups is 1. The summed E-state index contributed by atoms with van der Waals surface area (Å²) in [6, 6.07) is 15.0.